The molecule has 2 aromatic carbocycles. The molecule has 1 aliphatic heterocycles. The molecule has 0 aromatic heterocycles. The number of carbonyl (C=O) groups is 3. The Hall–Kier alpha value is -3.35. The van der Waals surface area contributed by atoms with E-state index in [1.54, 1.807) is 12.0 Å². The van der Waals surface area contributed by atoms with Crippen LogP contribution in [0.15, 0.2) is 54.6 Å². The number of nitrogens with one attached hydrogen (secondary N) is 1. The molecule has 2 atom stereocenters. The number of amides is 2. The van der Waals surface area contributed by atoms with Crippen LogP contribution >= 0.6 is 0 Å². The Morgan fingerprint density at radius 1 is 1.14 bits per heavy atom. The van der Waals surface area contributed by atoms with Gasteiger partial charge in [-0.05, 0) is 23.3 Å². The highest BCUT2D eigenvalue weighted by Gasteiger charge is 2.35. The van der Waals surface area contributed by atoms with Crippen LogP contribution in [0.5, 0.6) is 5.75 Å². The number of nitrogens with zero attached hydrogens (tertiary/aromatic N) is 1. The van der Waals surface area contributed by atoms with Gasteiger partial charge in [0.15, 0.2) is 0 Å². The van der Waals surface area contributed by atoms with E-state index in [9.17, 15) is 19.5 Å². The van der Waals surface area contributed by atoms with E-state index in [4.69, 9.17) is 4.74 Å². The average molecular weight is 396 g/mol. The summed E-state index contributed by atoms with van der Waals surface area (Å²) in [7, 11) is 1.59. The molecule has 1 saturated heterocycles. The van der Waals surface area contributed by atoms with Crippen molar-refractivity contribution in [2.45, 2.75) is 25.4 Å². The summed E-state index contributed by atoms with van der Waals surface area (Å²) in [4.78, 5) is 38.1. The van der Waals surface area contributed by atoms with E-state index < -0.39 is 23.8 Å². The minimum Gasteiger partial charge on any atom is -0.497 e. The number of carboxylic acid groups (broad SMARTS) is 1. The molecule has 1 fully saturated rings. The molecule has 2 amide bonds. The Labute approximate surface area is 169 Å². The summed E-state index contributed by atoms with van der Waals surface area (Å²) >= 11 is 0. The first-order valence-electron chi connectivity index (χ1n) is 9.44. The predicted molar refractivity (Wildman–Crippen MR) is 106 cm³/mol. The molecule has 0 radical (unpaired) electrons. The quantitative estimate of drug-likeness (QED) is 0.710. The van der Waals surface area contributed by atoms with E-state index in [1.807, 2.05) is 54.6 Å². The molecule has 152 valence electrons. The van der Waals surface area contributed by atoms with Gasteiger partial charge in [0.1, 0.15) is 11.8 Å². The number of rotatable bonds is 8. The smallest absolute Gasteiger partial charge is 0.326 e. The Balaban J connectivity index is 1.58. The fourth-order valence-electron chi connectivity index (χ4n) is 3.39. The number of methoxy groups -OCH3 is 1. The summed E-state index contributed by atoms with van der Waals surface area (Å²) in [6.45, 7) is 0.674. The van der Waals surface area contributed by atoms with Gasteiger partial charge in [0.25, 0.3) is 0 Å². The van der Waals surface area contributed by atoms with E-state index in [0.29, 0.717) is 6.54 Å². The second kappa shape index (κ2) is 9.23. The number of aliphatic carboxylic acids is 1. The fourth-order valence-corrected chi connectivity index (χ4v) is 3.39. The van der Waals surface area contributed by atoms with E-state index in [0.717, 1.165) is 16.9 Å². The maximum absolute atomic E-state index is 12.6. The molecule has 3 rings (SSSR count). The van der Waals surface area contributed by atoms with Gasteiger partial charge in [0.05, 0.1) is 13.0 Å². The molecule has 1 unspecified atom stereocenters. The van der Waals surface area contributed by atoms with Gasteiger partial charge in [-0.3, -0.25) is 9.59 Å². The predicted octanol–water partition coefficient (Wildman–Crippen LogP) is 1.86. The third-order valence-corrected chi connectivity index (χ3v) is 5.02. The first kappa shape index (κ1) is 20.4. The molecular weight excluding hydrogens is 372 g/mol. The van der Waals surface area contributed by atoms with Crippen LogP contribution in [0, 0.1) is 5.92 Å². The van der Waals surface area contributed by atoms with Crippen molar-refractivity contribution in [3.63, 3.8) is 0 Å². The van der Waals surface area contributed by atoms with E-state index in [-0.39, 0.29) is 25.3 Å². The maximum Gasteiger partial charge on any atom is 0.326 e. The van der Waals surface area contributed by atoms with Gasteiger partial charge >= 0.3 is 5.97 Å². The van der Waals surface area contributed by atoms with Gasteiger partial charge in [0.2, 0.25) is 11.8 Å². The zero-order valence-corrected chi connectivity index (χ0v) is 16.2. The molecule has 1 heterocycles. The summed E-state index contributed by atoms with van der Waals surface area (Å²) in [6, 6.07) is 15.5. The molecule has 2 aromatic rings. The second-order valence-electron chi connectivity index (χ2n) is 7.11. The summed E-state index contributed by atoms with van der Waals surface area (Å²) in [5.74, 6) is -1.44. The second-order valence-corrected chi connectivity index (χ2v) is 7.11. The van der Waals surface area contributed by atoms with Crippen LogP contribution in [0.4, 0.5) is 0 Å². The lowest BCUT2D eigenvalue weighted by Crippen LogP contribution is -2.45. The van der Waals surface area contributed by atoms with Crippen LogP contribution < -0.4 is 10.1 Å². The zero-order valence-electron chi connectivity index (χ0n) is 16.2. The van der Waals surface area contributed by atoms with Crippen molar-refractivity contribution in [3.8, 4) is 5.75 Å². The van der Waals surface area contributed by atoms with Gasteiger partial charge in [-0.2, -0.15) is 0 Å². The van der Waals surface area contributed by atoms with E-state index in [2.05, 4.69) is 5.32 Å². The van der Waals surface area contributed by atoms with Gasteiger partial charge < -0.3 is 20.1 Å². The molecule has 7 nitrogen and oxygen atoms in total. The summed E-state index contributed by atoms with van der Waals surface area (Å²) in [5, 5.41) is 12.1. The summed E-state index contributed by atoms with van der Waals surface area (Å²) in [6.07, 6.45) is 0.276. The lowest BCUT2D eigenvalue weighted by atomic mass is 10.0. The monoisotopic (exact) mass is 396 g/mol. The van der Waals surface area contributed by atoms with Crippen molar-refractivity contribution in [1.29, 1.82) is 0 Å². The number of ether oxygens (including phenoxy) is 1. The first-order valence-corrected chi connectivity index (χ1v) is 9.44. The highest BCUT2D eigenvalue weighted by molar-refractivity contribution is 5.91. The Morgan fingerprint density at radius 2 is 1.83 bits per heavy atom. The lowest BCUT2D eigenvalue weighted by molar-refractivity contribution is -0.142. The molecule has 0 spiro atoms. The number of carbonyl (C=O) groups excluding carboxylic acids is 2. The van der Waals surface area contributed by atoms with Gasteiger partial charge in [0, 0.05) is 25.9 Å². The van der Waals surface area contributed by atoms with Crippen molar-refractivity contribution in [2.75, 3.05) is 13.7 Å². The highest BCUT2D eigenvalue weighted by atomic mass is 16.5. The number of hydrogen-bond donors (Lipinski definition) is 2. The van der Waals surface area contributed by atoms with Crippen LogP contribution in [-0.4, -0.2) is 47.5 Å². The van der Waals surface area contributed by atoms with Crippen LogP contribution in [-0.2, 0) is 27.3 Å². The average Bonchev–Trinajstić information content (AvgIpc) is 3.09. The topological polar surface area (TPSA) is 95.9 Å². The Morgan fingerprint density at radius 3 is 2.45 bits per heavy atom. The zero-order chi connectivity index (χ0) is 20.8. The molecule has 0 saturated carbocycles. The van der Waals surface area contributed by atoms with Gasteiger partial charge in [-0.15, -0.1) is 0 Å². The fraction of sp³-hybridized carbons (Fsp3) is 0.318. The Bertz CT molecular complexity index is 867. The molecule has 7 heteroatoms. The van der Waals surface area contributed by atoms with Gasteiger partial charge in [-0.25, -0.2) is 4.79 Å². The molecular formula is C22H24N2O5. The summed E-state index contributed by atoms with van der Waals surface area (Å²) in [5.41, 5.74) is 1.76. The molecule has 1 aliphatic rings. The standard InChI is InChI=1S/C22H24N2O5/c1-29-18-9-7-16(8-10-18)13-24-14-17(12-20(24)25)21(26)23-19(22(27)28)11-15-5-3-2-4-6-15/h2-10,17,19H,11-14H2,1H3,(H,23,26)(H,27,28)/t17?,19-/m0/s1. The normalized spacial score (nSPS) is 17.1. The minimum atomic E-state index is -1.10. The third-order valence-electron chi connectivity index (χ3n) is 5.02. The first-order chi connectivity index (χ1) is 14.0. The van der Waals surface area contributed by atoms with Crippen molar-refractivity contribution in [1.82, 2.24) is 10.2 Å². The van der Waals surface area contributed by atoms with Crippen LogP contribution in [0.1, 0.15) is 17.5 Å². The van der Waals surface area contributed by atoms with E-state index >= 15 is 0 Å². The van der Waals surface area contributed by atoms with Crippen molar-refractivity contribution in [3.05, 3.63) is 65.7 Å². The minimum absolute atomic E-state index is 0.0830. The molecule has 0 bridgehead atoms. The largest absolute Gasteiger partial charge is 0.497 e. The molecule has 0 aliphatic carbocycles. The van der Waals surface area contributed by atoms with E-state index in [1.165, 1.54) is 0 Å². The highest BCUT2D eigenvalue weighted by Crippen LogP contribution is 2.22. The lowest BCUT2D eigenvalue weighted by Gasteiger charge is -2.19. The number of carboxylic acids is 1. The van der Waals surface area contributed by atoms with Crippen molar-refractivity contribution < 1.29 is 24.2 Å². The Kier molecular flexibility index (Phi) is 6.49. The maximum atomic E-state index is 12.6. The van der Waals surface area contributed by atoms with Crippen LogP contribution in [0.2, 0.25) is 0 Å². The number of hydrogen-bond acceptors (Lipinski definition) is 4. The van der Waals surface area contributed by atoms with Crippen LogP contribution in [0.25, 0.3) is 0 Å². The van der Waals surface area contributed by atoms with Gasteiger partial charge in [-0.1, -0.05) is 42.5 Å². The molecule has 2 N–H and O–H groups in total. The SMILES string of the molecule is COc1ccc(CN2CC(C(=O)N[C@@H](Cc3ccccc3)C(=O)O)CC2=O)cc1. The van der Waals surface area contributed by atoms with Crippen molar-refractivity contribution in [2.24, 2.45) is 5.92 Å². The van der Waals surface area contributed by atoms with Crippen LogP contribution in [0.3, 0.4) is 0 Å². The third kappa shape index (κ3) is 5.34. The number of benzene rings is 2. The number of likely N-dealkylation sites (tertiary alicyclic amines) is 1. The summed E-state index contributed by atoms with van der Waals surface area (Å²) < 4.78 is 5.13. The molecule has 29 heavy (non-hydrogen) atoms. The van der Waals surface area contributed by atoms with Crippen molar-refractivity contribution >= 4 is 17.8 Å².